The van der Waals surface area contributed by atoms with Crippen LogP contribution in [0.3, 0.4) is 0 Å². The Kier molecular flexibility index (Phi) is 4.45. The lowest BCUT2D eigenvalue weighted by atomic mass is 10.2. The maximum absolute atomic E-state index is 4.48. The van der Waals surface area contributed by atoms with Crippen LogP contribution < -0.4 is 5.32 Å². The molecule has 0 aliphatic carbocycles. The quantitative estimate of drug-likeness (QED) is 0.877. The molecule has 5 heteroatoms. The fraction of sp³-hybridized carbons (Fsp3) is 0.417. The summed E-state index contributed by atoms with van der Waals surface area (Å²) in [7, 11) is 2.07. The Morgan fingerprint density at radius 1 is 1.41 bits per heavy atom. The molecule has 1 aromatic rings. The van der Waals surface area contributed by atoms with E-state index in [9.17, 15) is 0 Å². The second kappa shape index (κ2) is 5.87. The molecule has 0 fully saturated rings. The first kappa shape index (κ1) is 12.9. The molecule has 3 nitrogen and oxygen atoms in total. The zero-order valence-corrected chi connectivity index (χ0v) is 12.9. The minimum absolute atomic E-state index is 0.781. The van der Waals surface area contributed by atoms with E-state index in [0.717, 1.165) is 41.0 Å². The third-order valence-electron chi connectivity index (χ3n) is 2.72. The average molecular weight is 361 g/mol. The van der Waals surface area contributed by atoms with Crippen LogP contribution in [0, 0.1) is 0 Å². The van der Waals surface area contributed by atoms with Gasteiger partial charge in [-0.05, 0) is 30.2 Å². The highest BCUT2D eigenvalue weighted by atomic mass is 79.9. The van der Waals surface area contributed by atoms with Gasteiger partial charge in [-0.15, -0.1) is 0 Å². The Bertz CT molecular complexity index is 432. The lowest BCUT2D eigenvalue weighted by Crippen LogP contribution is -2.41. The van der Waals surface area contributed by atoms with Gasteiger partial charge in [0.15, 0.2) is 5.96 Å². The summed E-state index contributed by atoms with van der Waals surface area (Å²) in [5, 5.41) is 3.38. The zero-order chi connectivity index (χ0) is 12.3. The van der Waals surface area contributed by atoms with E-state index in [2.05, 4.69) is 60.2 Å². The number of guanidine groups is 1. The molecule has 1 N–H and O–H groups in total. The van der Waals surface area contributed by atoms with Crippen molar-refractivity contribution in [3.63, 3.8) is 0 Å². The molecule has 0 amide bonds. The Morgan fingerprint density at radius 3 is 3.00 bits per heavy atom. The van der Waals surface area contributed by atoms with E-state index in [1.165, 1.54) is 5.56 Å². The molecule has 1 aliphatic rings. The van der Waals surface area contributed by atoms with Crippen molar-refractivity contribution in [2.24, 2.45) is 4.99 Å². The summed E-state index contributed by atoms with van der Waals surface area (Å²) in [4.78, 5) is 6.64. The van der Waals surface area contributed by atoms with Crippen molar-refractivity contribution in [2.45, 2.75) is 13.0 Å². The fourth-order valence-corrected chi connectivity index (χ4v) is 2.56. The van der Waals surface area contributed by atoms with Crippen LogP contribution in [0.5, 0.6) is 0 Å². The molecule has 1 heterocycles. The van der Waals surface area contributed by atoms with Gasteiger partial charge < -0.3 is 10.2 Å². The maximum atomic E-state index is 4.48. The molecule has 0 aromatic heterocycles. The molecule has 2 rings (SSSR count). The summed E-state index contributed by atoms with van der Waals surface area (Å²) in [5.41, 5.74) is 1.22. The number of aliphatic imine (C=N–C) groups is 1. The molecule has 1 aromatic carbocycles. The number of halogens is 2. The standard InChI is InChI=1S/C12H15Br2N3/c1-17-6-2-5-15-12(17)16-8-9-7-10(13)3-4-11(9)14/h3-4,7H,2,5-6,8H2,1H3,(H,15,16). The molecule has 0 spiro atoms. The summed E-state index contributed by atoms with van der Waals surface area (Å²) in [6.07, 6.45) is 1.14. The highest BCUT2D eigenvalue weighted by Crippen LogP contribution is 2.21. The van der Waals surface area contributed by atoms with Crippen molar-refractivity contribution in [3.8, 4) is 0 Å². The van der Waals surface area contributed by atoms with Crippen LogP contribution >= 0.6 is 31.9 Å². The number of hydrogen-bond donors (Lipinski definition) is 1. The Balaban J connectivity index is 2.02. The third-order valence-corrected chi connectivity index (χ3v) is 3.99. The van der Waals surface area contributed by atoms with Crippen molar-refractivity contribution in [1.29, 1.82) is 0 Å². The van der Waals surface area contributed by atoms with Gasteiger partial charge in [0.25, 0.3) is 0 Å². The predicted octanol–water partition coefficient (Wildman–Crippen LogP) is 2.99. The first-order valence-electron chi connectivity index (χ1n) is 5.60. The van der Waals surface area contributed by atoms with Crippen molar-refractivity contribution in [3.05, 3.63) is 32.7 Å². The van der Waals surface area contributed by atoms with Gasteiger partial charge in [0, 0.05) is 35.6 Å². The summed E-state index contributed by atoms with van der Waals surface area (Å²) in [6.45, 7) is 2.78. The number of nitrogens with zero attached hydrogens (tertiary/aromatic N) is 2. The smallest absolute Gasteiger partial charge is 0.193 e. The molecule has 0 saturated carbocycles. The minimum Gasteiger partial charge on any atom is -0.352 e. The molecule has 0 bridgehead atoms. The summed E-state index contributed by atoms with van der Waals surface area (Å²) in [6, 6.07) is 6.19. The monoisotopic (exact) mass is 359 g/mol. The molecule has 0 saturated heterocycles. The fourth-order valence-electron chi connectivity index (χ4n) is 1.76. The second-order valence-corrected chi connectivity index (χ2v) is 5.84. The Hall–Kier alpha value is -0.550. The summed E-state index contributed by atoms with van der Waals surface area (Å²) < 4.78 is 2.21. The first-order chi connectivity index (χ1) is 8.16. The van der Waals surface area contributed by atoms with Gasteiger partial charge in [0.1, 0.15) is 0 Å². The average Bonchev–Trinajstić information content (AvgIpc) is 2.32. The van der Waals surface area contributed by atoms with Crippen LogP contribution in [0.2, 0.25) is 0 Å². The lowest BCUT2D eigenvalue weighted by Gasteiger charge is -2.25. The van der Waals surface area contributed by atoms with Gasteiger partial charge in [-0.25, -0.2) is 0 Å². The lowest BCUT2D eigenvalue weighted by molar-refractivity contribution is 0.446. The highest BCUT2D eigenvalue weighted by molar-refractivity contribution is 9.11. The van der Waals surface area contributed by atoms with E-state index in [1.54, 1.807) is 0 Å². The minimum atomic E-state index is 0.781. The van der Waals surface area contributed by atoms with Gasteiger partial charge in [0.05, 0.1) is 0 Å². The van der Waals surface area contributed by atoms with E-state index >= 15 is 0 Å². The van der Waals surface area contributed by atoms with Crippen LogP contribution in [0.15, 0.2) is 32.1 Å². The largest absolute Gasteiger partial charge is 0.352 e. The summed E-state index contributed by atoms with van der Waals surface area (Å²) in [5.74, 6) is 0.989. The molecule has 0 unspecified atom stereocenters. The Labute approximate surface area is 119 Å². The van der Waals surface area contributed by atoms with Gasteiger partial charge in [-0.2, -0.15) is 0 Å². The number of nitrogens with one attached hydrogen (secondary N) is 1. The van der Waals surface area contributed by atoms with Crippen LogP contribution in [-0.4, -0.2) is 31.0 Å². The van der Waals surface area contributed by atoms with E-state index in [1.807, 2.05) is 12.1 Å². The number of rotatable bonds is 2. The van der Waals surface area contributed by atoms with E-state index in [-0.39, 0.29) is 0 Å². The van der Waals surface area contributed by atoms with E-state index in [4.69, 9.17) is 0 Å². The molecule has 0 atom stereocenters. The van der Waals surface area contributed by atoms with Gasteiger partial charge in [0.2, 0.25) is 0 Å². The van der Waals surface area contributed by atoms with Crippen LogP contribution in [0.25, 0.3) is 0 Å². The Morgan fingerprint density at radius 2 is 2.24 bits per heavy atom. The van der Waals surface area contributed by atoms with Crippen molar-refractivity contribution in [1.82, 2.24) is 10.2 Å². The predicted molar refractivity (Wildman–Crippen MR) is 78.2 cm³/mol. The highest BCUT2D eigenvalue weighted by Gasteiger charge is 2.10. The normalized spacial score (nSPS) is 15.7. The van der Waals surface area contributed by atoms with Crippen molar-refractivity contribution in [2.75, 3.05) is 20.1 Å². The molecule has 1 aliphatic heterocycles. The van der Waals surface area contributed by atoms with E-state index < -0.39 is 0 Å². The SMILES string of the molecule is CN1CCCN=C1NCc1cc(Br)ccc1Br. The van der Waals surface area contributed by atoms with Gasteiger partial charge in [-0.1, -0.05) is 31.9 Å². The van der Waals surface area contributed by atoms with E-state index in [0.29, 0.717) is 0 Å². The molecular formula is C12H15Br2N3. The van der Waals surface area contributed by atoms with Gasteiger partial charge >= 0.3 is 0 Å². The molecule has 17 heavy (non-hydrogen) atoms. The topological polar surface area (TPSA) is 27.6 Å². The third kappa shape index (κ3) is 3.45. The molecule has 92 valence electrons. The number of hydrogen-bond acceptors (Lipinski definition) is 3. The second-order valence-electron chi connectivity index (χ2n) is 4.07. The zero-order valence-electron chi connectivity index (χ0n) is 9.71. The summed E-state index contributed by atoms with van der Waals surface area (Å²) >= 11 is 7.04. The van der Waals surface area contributed by atoms with Crippen LogP contribution in [0.4, 0.5) is 0 Å². The maximum Gasteiger partial charge on any atom is 0.193 e. The van der Waals surface area contributed by atoms with Gasteiger partial charge in [-0.3, -0.25) is 4.99 Å². The molecular weight excluding hydrogens is 346 g/mol. The first-order valence-corrected chi connectivity index (χ1v) is 7.19. The van der Waals surface area contributed by atoms with Crippen molar-refractivity contribution < 1.29 is 0 Å². The van der Waals surface area contributed by atoms with Crippen LogP contribution in [-0.2, 0) is 6.54 Å². The molecule has 0 radical (unpaired) electrons. The number of benzene rings is 1. The van der Waals surface area contributed by atoms with Crippen LogP contribution in [0.1, 0.15) is 12.0 Å². The van der Waals surface area contributed by atoms with Crippen molar-refractivity contribution >= 4 is 37.8 Å².